The minimum atomic E-state index is -0.163. The lowest BCUT2D eigenvalue weighted by atomic mass is 10.1. The lowest BCUT2D eigenvalue weighted by molar-refractivity contribution is 0.101. The molecule has 4 heteroatoms. The Hall–Kier alpha value is -0.730. The highest BCUT2D eigenvalue weighted by Gasteiger charge is 2.15. The van der Waals surface area contributed by atoms with Gasteiger partial charge in [-0.15, -0.1) is 0 Å². The van der Waals surface area contributed by atoms with Gasteiger partial charge in [0.2, 0.25) is 0 Å². The highest BCUT2D eigenvalue weighted by atomic mass is 35.5. The molecule has 0 N–H and O–H groups in total. The molecule has 0 heterocycles. The standard InChI is InChI=1S/C9H8Cl2O2.CH4/c1-5(12)8-6(10)3-4-7(11)9(8)13-2;/h3-4H,1-2H3;1H4. The van der Waals surface area contributed by atoms with Gasteiger partial charge in [0.25, 0.3) is 0 Å². The van der Waals surface area contributed by atoms with Gasteiger partial charge in [-0.3, -0.25) is 4.79 Å². The van der Waals surface area contributed by atoms with Gasteiger partial charge >= 0.3 is 0 Å². The summed E-state index contributed by atoms with van der Waals surface area (Å²) < 4.78 is 4.98. The van der Waals surface area contributed by atoms with E-state index in [0.717, 1.165) is 0 Å². The number of hydrogen-bond donors (Lipinski definition) is 0. The van der Waals surface area contributed by atoms with E-state index in [2.05, 4.69) is 0 Å². The summed E-state index contributed by atoms with van der Waals surface area (Å²) in [5.41, 5.74) is 0.330. The van der Waals surface area contributed by atoms with E-state index >= 15 is 0 Å². The van der Waals surface area contributed by atoms with Gasteiger partial charge in [-0.05, 0) is 19.1 Å². The first kappa shape index (κ1) is 13.3. The zero-order valence-electron chi connectivity index (χ0n) is 7.23. The van der Waals surface area contributed by atoms with Crippen LogP contribution in [0.5, 0.6) is 5.75 Å². The highest BCUT2D eigenvalue weighted by molar-refractivity contribution is 6.37. The molecule has 14 heavy (non-hydrogen) atoms. The van der Waals surface area contributed by atoms with Crippen LogP contribution in [0.25, 0.3) is 0 Å². The molecule has 0 radical (unpaired) electrons. The topological polar surface area (TPSA) is 26.3 Å². The van der Waals surface area contributed by atoms with Gasteiger partial charge in [-0.1, -0.05) is 30.6 Å². The Morgan fingerprint density at radius 2 is 1.79 bits per heavy atom. The molecule has 0 saturated carbocycles. The largest absolute Gasteiger partial charge is 0.494 e. The summed E-state index contributed by atoms with van der Waals surface area (Å²) in [6.45, 7) is 1.42. The van der Waals surface area contributed by atoms with E-state index in [-0.39, 0.29) is 13.2 Å². The lowest BCUT2D eigenvalue weighted by Crippen LogP contribution is -1.99. The molecule has 0 aliphatic rings. The van der Waals surface area contributed by atoms with Crippen molar-refractivity contribution in [3.63, 3.8) is 0 Å². The Morgan fingerprint density at radius 1 is 1.29 bits per heavy atom. The van der Waals surface area contributed by atoms with Gasteiger partial charge < -0.3 is 4.74 Å². The number of Topliss-reactive ketones (excluding diaryl/α,β-unsaturated/α-hetero) is 1. The van der Waals surface area contributed by atoms with E-state index < -0.39 is 0 Å². The smallest absolute Gasteiger partial charge is 0.165 e. The maximum Gasteiger partial charge on any atom is 0.165 e. The van der Waals surface area contributed by atoms with Crippen LogP contribution in [0.1, 0.15) is 24.7 Å². The van der Waals surface area contributed by atoms with E-state index in [1.54, 1.807) is 12.1 Å². The van der Waals surface area contributed by atoms with Crippen LogP contribution >= 0.6 is 23.2 Å². The molecule has 0 fully saturated rings. The van der Waals surface area contributed by atoms with Crippen molar-refractivity contribution in [1.82, 2.24) is 0 Å². The van der Waals surface area contributed by atoms with E-state index in [9.17, 15) is 4.79 Å². The zero-order valence-corrected chi connectivity index (χ0v) is 8.74. The van der Waals surface area contributed by atoms with Crippen LogP contribution in [0.2, 0.25) is 10.0 Å². The second kappa shape index (κ2) is 5.23. The SMILES string of the molecule is C.COc1c(Cl)ccc(Cl)c1C(C)=O. The van der Waals surface area contributed by atoms with Gasteiger partial charge in [0.05, 0.1) is 22.7 Å². The van der Waals surface area contributed by atoms with Crippen LogP contribution in [-0.2, 0) is 0 Å². The molecule has 2 nitrogen and oxygen atoms in total. The van der Waals surface area contributed by atoms with E-state index in [0.29, 0.717) is 21.4 Å². The first-order chi connectivity index (χ1) is 6.07. The normalized spacial score (nSPS) is 9.14. The zero-order chi connectivity index (χ0) is 10.0. The maximum absolute atomic E-state index is 11.2. The van der Waals surface area contributed by atoms with Crippen molar-refractivity contribution in [1.29, 1.82) is 0 Å². The molecule has 0 saturated heterocycles. The third-order valence-corrected chi connectivity index (χ3v) is 2.23. The molecule has 1 aromatic rings. The van der Waals surface area contributed by atoms with Gasteiger partial charge in [-0.25, -0.2) is 0 Å². The molecule has 0 spiro atoms. The number of halogens is 2. The van der Waals surface area contributed by atoms with Gasteiger partial charge in [0.15, 0.2) is 5.78 Å². The summed E-state index contributed by atoms with van der Waals surface area (Å²) in [5, 5.41) is 0.742. The van der Waals surface area contributed by atoms with Crippen LogP contribution in [-0.4, -0.2) is 12.9 Å². The minimum absolute atomic E-state index is 0. The van der Waals surface area contributed by atoms with Crippen molar-refractivity contribution in [2.45, 2.75) is 14.4 Å². The fourth-order valence-corrected chi connectivity index (χ4v) is 1.58. The molecule has 0 atom stereocenters. The molecule has 0 aliphatic heterocycles. The van der Waals surface area contributed by atoms with Crippen molar-refractivity contribution >= 4 is 29.0 Å². The first-order valence-corrected chi connectivity index (χ1v) is 4.36. The Kier molecular flexibility index (Phi) is 4.95. The van der Waals surface area contributed by atoms with Gasteiger partial charge in [0.1, 0.15) is 5.75 Å². The minimum Gasteiger partial charge on any atom is -0.494 e. The number of methoxy groups -OCH3 is 1. The van der Waals surface area contributed by atoms with Crippen molar-refractivity contribution in [2.24, 2.45) is 0 Å². The maximum atomic E-state index is 11.2. The molecule has 0 aliphatic carbocycles. The second-order valence-corrected chi connectivity index (χ2v) is 3.31. The van der Waals surface area contributed by atoms with E-state index in [1.165, 1.54) is 14.0 Å². The van der Waals surface area contributed by atoms with Crippen LogP contribution in [0.3, 0.4) is 0 Å². The van der Waals surface area contributed by atoms with Crippen LogP contribution in [0.15, 0.2) is 12.1 Å². The summed E-state index contributed by atoms with van der Waals surface area (Å²) in [6.07, 6.45) is 0. The Bertz CT molecular complexity index is 348. The molecular weight excluding hydrogens is 223 g/mol. The molecule has 0 unspecified atom stereocenters. The fraction of sp³-hybridized carbons (Fsp3) is 0.300. The van der Waals surface area contributed by atoms with Crippen LogP contribution in [0.4, 0.5) is 0 Å². The number of benzene rings is 1. The van der Waals surface area contributed by atoms with Crippen molar-refractivity contribution < 1.29 is 9.53 Å². The van der Waals surface area contributed by atoms with Gasteiger partial charge in [-0.2, -0.15) is 0 Å². The van der Waals surface area contributed by atoms with Crippen molar-refractivity contribution in [3.05, 3.63) is 27.7 Å². The summed E-state index contributed by atoms with van der Waals surface area (Å²) in [4.78, 5) is 11.2. The summed E-state index contributed by atoms with van der Waals surface area (Å²) in [5.74, 6) is 0.172. The molecule has 78 valence electrons. The third kappa shape index (κ3) is 2.40. The number of rotatable bonds is 2. The average Bonchev–Trinajstić information content (AvgIpc) is 2.07. The number of ketones is 1. The van der Waals surface area contributed by atoms with Crippen LogP contribution in [0, 0.1) is 0 Å². The number of hydrogen-bond acceptors (Lipinski definition) is 2. The van der Waals surface area contributed by atoms with Gasteiger partial charge in [0, 0.05) is 0 Å². The second-order valence-electron chi connectivity index (χ2n) is 2.49. The van der Waals surface area contributed by atoms with E-state index in [1.807, 2.05) is 0 Å². The summed E-state index contributed by atoms with van der Waals surface area (Å²) >= 11 is 11.6. The van der Waals surface area contributed by atoms with Crippen molar-refractivity contribution in [3.8, 4) is 5.75 Å². The Morgan fingerprint density at radius 3 is 2.14 bits per heavy atom. The Labute approximate surface area is 93.8 Å². The fourth-order valence-electron chi connectivity index (χ4n) is 1.06. The highest BCUT2D eigenvalue weighted by Crippen LogP contribution is 2.33. The predicted molar refractivity (Wildman–Crippen MR) is 59.7 cm³/mol. The monoisotopic (exact) mass is 234 g/mol. The summed E-state index contributed by atoms with van der Waals surface area (Å²) in [6, 6.07) is 3.16. The molecule has 1 aromatic carbocycles. The number of ether oxygens (including phenoxy) is 1. The van der Waals surface area contributed by atoms with E-state index in [4.69, 9.17) is 27.9 Å². The molecule has 0 bridgehead atoms. The molecule has 1 rings (SSSR count). The van der Waals surface area contributed by atoms with Crippen LogP contribution < -0.4 is 4.74 Å². The molecule has 0 amide bonds. The lowest BCUT2D eigenvalue weighted by Gasteiger charge is -2.08. The average molecular weight is 235 g/mol. The third-order valence-electron chi connectivity index (χ3n) is 1.61. The van der Waals surface area contributed by atoms with Crippen molar-refractivity contribution in [2.75, 3.05) is 7.11 Å². The summed E-state index contributed by atoms with van der Waals surface area (Å²) in [7, 11) is 1.45. The molecular formula is C10H12Cl2O2. The first-order valence-electron chi connectivity index (χ1n) is 3.61. The Balaban J connectivity index is 0.00000169. The number of carbonyl (C=O) groups is 1. The number of carbonyl (C=O) groups excluding carboxylic acids is 1. The predicted octanol–water partition coefficient (Wildman–Crippen LogP) is 3.84. The quantitative estimate of drug-likeness (QED) is 0.728. The molecule has 0 aromatic heterocycles.